The van der Waals surface area contributed by atoms with E-state index in [9.17, 15) is 13.2 Å². The first-order chi connectivity index (χ1) is 15.5. The van der Waals surface area contributed by atoms with E-state index in [-0.39, 0.29) is 10.5 Å². The van der Waals surface area contributed by atoms with Crippen LogP contribution in [0.3, 0.4) is 0 Å². The Morgan fingerprint density at radius 2 is 1.78 bits per heavy atom. The number of nitrogens with zero attached hydrogens (tertiary/aromatic N) is 4. The number of sulfonamides is 1. The molecule has 4 aromatic rings. The van der Waals surface area contributed by atoms with Gasteiger partial charge in [-0.15, -0.1) is 0 Å². The molecule has 0 fully saturated rings. The SMILES string of the molecule is O=C(Nc1ccc(-n2cncn2)cc1)c1cccc(S(=O)(=O)N2CCc3ccccc32)c1. The number of nitrogens with one attached hydrogen (secondary N) is 1. The van der Waals surface area contributed by atoms with Crippen LogP contribution in [0.5, 0.6) is 0 Å². The molecule has 1 N–H and O–H groups in total. The van der Waals surface area contributed by atoms with Gasteiger partial charge in [0.25, 0.3) is 15.9 Å². The number of hydrogen-bond donors (Lipinski definition) is 1. The van der Waals surface area contributed by atoms with Gasteiger partial charge in [0.1, 0.15) is 12.7 Å². The molecule has 1 aromatic heterocycles. The Morgan fingerprint density at radius 3 is 2.56 bits per heavy atom. The van der Waals surface area contributed by atoms with Gasteiger partial charge in [-0.2, -0.15) is 5.10 Å². The van der Waals surface area contributed by atoms with Crippen LogP contribution in [0.2, 0.25) is 0 Å². The number of carbonyl (C=O) groups is 1. The molecule has 8 nitrogen and oxygen atoms in total. The number of para-hydroxylation sites is 1. The summed E-state index contributed by atoms with van der Waals surface area (Å²) in [6.07, 6.45) is 3.69. The van der Waals surface area contributed by atoms with Crippen LogP contribution in [-0.4, -0.2) is 35.6 Å². The van der Waals surface area contributed by atoms with E-state index >= 15 is 0 Å². The predicted molar refractivity (Wildman–Crippen MR) is 120 cm³/mol. The topological polar surface area (TPSA) is 97.2 Å². The Bertz CT molecular complexity index is 1380. The second-order valence-corrected chi connectivity index (χ2v) is 9.19. The number of hydrogen-bond acceptors (Lipinski definition) is 5. The molecular weight excluding hydrogens is 426 g/mol. The lowest BCUT2D eigenvalue weighted by Gasteiger charge is -2.20. The van der Waals surface area contributed by atoms with Crippen LogP contribution in [0.4, 0.5) is 11.4 Å². The molecule has 1 aliphatic heterocycles. The van der Waals surface area contributed by atoms with Crippen LogP contribution in [0, 0.1) is 0 Å². The van der Waals surface area contributed by atoms with Gasteiger partial charge in [0.15, 0.2) is 0 Å². The fourth-order valence-corrected chi connectivity index (χ4v) is 5.27. The van der Waals surface area contributed by atoms with E-state index in [4.69, 9.17) is 0 Å². The first-order valence-corrected chi connectivity index (χ1v) is 11.4. The fourth-order valence-electron chi connectivity index (χ4n) is 3.72. The Morgan fingerprint density at radius 1 is 0.969 bits per heavy atom. The molecule has 9 heteroatoms. The maximum absolute atomic E-state index is 13.3. The average molecular weight is 446 g/mol. The minimum Gasteiger partial charge on any atom is -0.322 e. The Kier molecular flexibility index (Phi) is 4.95. The standard InChI is InChI=1S/C23H19N5O3S/c29-23(26-19-8-10-20(11-9-19)27-16-24-15-25-27)18-5-3-6-21(14-18)32(30,31)28-13-12-17-4-1-2-7-22(17)28/h1-11,14-16H,12-13H2,(H,26,29). The maximum Gasteiger partial charge on any atom is 0.264 e. The van der Waals surface area contributed by atoms with Gasteiger partial charge in [-0.25, -0.2) is 18.1 Å². The number of fused-ring (bicyclic) bond motifs is 1. The maximum atomic E-state index is 13.3. The molecule has 1 amide bonds. The smallest absolute Gasteiger partial charge is 0.264 e. The minimum atomic E-state index is -3.77. The summed E-state index contributed by atoms with van der Waals surface area (Å²) in [6, 6.07) is 20.7. The molecule has 0 aliphatic carbocycles. The monoisotopic (exact) mass is 445 g/mol. The third-order valence-corrected chi connectivity index (χ3v) is 7.15. The van der Waals surface area contributed by atoms with Crippen molar-refractivity contribution in [3.8, 4) is 5.69 Å². The molecule has 160 valence electrons. The molecule has 0 atom stereocenters. The van der Waals surface area contributed by atoms with E-state index in [1.165, 1.54) is 22.8 Å². The van der Waals surface area contributed by atoms with Crippen molar-refractivity contribution in [1.82, 2.24) is 14.8 Å². The molecular formula is C23H19N5O3S. The number of amides is 1. The van der Waals surface area contributed by atoms with Crippen molar-refractivity contribution in [1.29, 1.82) is 0 Å². The Labute approximate surface area is 185 Å². The summed E-state index contributed by atoms with van der Waals surface area (Å²) in [5.74, 6) is -0.391. The molecule has 0 unspecified atom stereocenters. The van der Waals surface area contributed by atoms with Gasteiger partial charge in [0, 0.05) is 17.8 Å². The highest BCUT2D eigenvalue weighted by molar-refractivity contribution is 7.92. The molecule has 0 spiro atoms. The summed E-state index contributed by atoms with van der Waals surface area (Å²) < 4.78 is 29.5. The quantitative estimate of drug-likeness (QED) is 0.509. The van der Waals surface area contributed by atoms with Crippen LogP contribution >= 0.6 is 0 Å². The molecule has 0 bridgehead atoms. The van der Waals surface area contributed by atoms with Crippen molar-refractivity contribution < 1.29 is 13.2 Å². The minimum absolute atomic E-state index is 0.0865. The third-order valence-electron chi connectivity index (χ3n) is 5.34. The molecule has 5 rings (SSSR count). The largest absolute Gasteiger partial charge is 0.322 e. The van der Waals surface area contributed by atoms with Gasteiger partial charge in [-0.3, -0.25) is 9.10 Å². The molecule has 2 heterocycles. The average Bonchev–Trinajstić information content (AvgIpc) is 3.50. The normalized spacial score (nSPS) is 13.1. The van der Waals surface area contributed by atoms with Gasteiger partial charge in [0.2, 0.25) is 0 Å². The van der Waals surface area contributed by atoms with Crippen molar-refractivity contribution >= 4 is 27.3 Å². The number of rotatable bonds is 5. The van der Waals surface area contributed by atoms with Crippen molar-refractivity contribution in [2.24, 2.45) is 0 Å². The van der Waals surface area contributed by atoms with Crippen molar-refractivity contribution in [3.63, 3.8) is 0 Å². The highest BCUT2D eigenvalue weighted by Crippen LogP contribution is 2.32. The Balaban J connectivity index is 1.36. The lowest BCUT2D eigenvalue weighted by atomic mass is 10.2. The number of anilines is 2. The van der Waals surface area contributed by atoms with Crippen LogP contribution < -0.4 is 9.62 Å². The van der Waals surface area contributed by atoms with Crippen LogP contribution in [0.1, 0.15) is 15.9 Å². The van der Waals surface area contributed by atoms with Gasteiger partial charge in [-0.1, -0.05) is 24.3 Å². The van der Waals surface area contributed by atoms with Crippen LogP contribution in [-0.2, 0) is 16.4 Å². The van der Waals surface area contributed by atoms with Crippen molar-refractivity contribution in [3.05, 3.63) is 96.6 Å². The molecule has 0 radical (unpaired) electrons. The van der Waals surface area contributed by atoms with Gasteiger partial charge < -0.3 is 5.32 Å². The number of aromatic nitrogens is 3. The second-order valence-electron chi connectivity index (χ2n) is 7.32. The lowest BCUT2D eigenvalue weighted by molar-refractivity contribution is 0.102. The zero-order valence-electron chi connectivity index (χ0n) is 16.9. The molecule has 3 aromatic carbocycles. The van der Waals surface area contributed by atoms with Crippen LogP contribution in [0.15, 0.2) is 90.3 Å². The van der Waals surface area contributed by atoms with Crippen molar-refractivity contribution in [2.75, 3.05) is 16.2 Å². The number of carbonyl (C=O) groups excluding carboxylic acids is 1. The Hall–Kier alpha value is -3.98. The van der Waals surface area contributed by atoms with Gasteiger partial charge in [0.05, 0.1) is 16.3 Å². The van der Waals surface area contributed by atoms with Crippen LogP contribution in [0.25, 0.3) is 5.69 Å². The summed E-state index contributed by atoms with van der Waals surface area (Å²) in [4.78, 5) is 16.8. The predicted octanol–water partition coefficient (Wildman–Crippen LogP) is 3.27. The zero-order valence-corrected chi connectivity index (χ0v) is 17.7. The van der Waals surface area contributed by atoms with Gasteiger partial charge >= 0.3 is 0 Å². The summed E-state index contributed by atoms with van der Waals surface area (Å²) in [5, 5.41) is 6.86. The highest BCUT2D eigenvalue weighted by Gasteiger charge is 2.30. The highest BCUT2D eigenvalue weighted by atomic mass is 32.2. The second kappa shape index (κ2) is 7.93. The third kappa shape index (κ3) is 3.63. The van der Waals surface area contributed by atoms with E-state index in [1.54, 1.807) is 53.5 Å². The molecule has 32 heavy (non-hydrogen) atoms. The number of benzene rings is 3. The summed E-state index contributed by atoms with van der Waals surface area (Å²) in [6.45, 7) is 0.385. The first-order valence-electron chi connectivity index (χ1n) is 9.99. The van der Waals surface area contributed by atoms with E-state index in [0.29, 0.717) is 24.3 Å². The summed E-state index contributed by atoms with van der Waals surface area (Å²) in [5.41, 5.74) is 3.34. The zero-order chi connectivity index (χ0) is 22.1. The molecule has 1 aliphatic rings. The molecule has 0 saturated carbocycles. The van der Waals surface area contributed by atoms with Gasteiger partial charge in [-0.05, 0) is 60.5 Å². The van der Waals surface area contributed by atoms with E-state index in [0.717, 1.165) is 11.3 Å². The lowest BCUT2D eigenvalue weighted by Crippen LogP contribution is -2.29. The van der Waals surface area contributed by atoms with E-state index < -0.39 is 15.9 Å². The summed E-state index contributed by atoms with van der Waals surface area (Å²) in [7, 11) is -3.77. The summed E-state index contributed by atoms with van der Waals surface area (Å²) >= 11 is 0. The van der Waals surface area contributed by atoms with E-state index in [1.807, 2.05) is 18.2 Å². The first kappa shape index (κ1) is 20.0. The van der Waals surface area contributed by atoms with Crippen molar-refractivity contribution in [2.45, 2.75) is 11.3 Å². The molecule has 0 saturated heterocycles. The van der Waals surface area contributed by atoms with E-state index in [2.05, 4.69) is 15.4 Å². The fraction of sp³-hybridized carbons (Fsp3) is 0.0870.